The molecule has 2 aliphatic rings. The van der Waals surface area contributed by atoms with E-state index in [1.54, 1.807) is 16.7 Å². The number of hydrogen-bond acceptors (Lipinski definition) is 5. The number of ketones is 1. The highest BCUT2D eigenvalue weighted by atomic mass is 16.5. The van der Waals surface area contributed by atoms with Crippen LogP contribution in [0.3, 0.4) is 0 Å². The summed E-state index contributed by atoms with van der Waals surface area (Å²) in [5.74, 6) is 0.245. The van der Waals surface area contributed by atoms with E-state index in [0.29, 0.717) is 36.9 Å². The van der Waals surface area contributed by atoms with Gasteiger partial charge in [0.1, 0.15) is 5.75 Å². The maximum atomic E-state index is 13.6. The van der Waals surface area contributed by atoms with Crippen LogP contribution >= 0.6 is 0 Å². The van der Waals surface area contributed by atoms with Crippen LogP contribution in [0.15, 0.2) is 29.1 Å². The van der Waals surface area contributed by atoms with Crippen molar-refractivity contribution in [2.45, 2.75) is 71.6 Å². The summed E-state index contributed by atoms with van der Waals surface area (Å²) in [4.78, 5) is 31.7. The number of phenolic OH excluding ortho intramolecular Hbond substituents is 1. The second-order valence-electron chi connectivity index (χ2n) is 9.06. The Morgan fingerprint density at radius 3 is 2.62 bits per heavy atom. The first-order chi connectivity index (χ1) is 15.3. The summed E-state index contributed by atoms with van der Waals surface area (Å²) < 4.78 is 8.04. The molecule has 0 saturated carbocycles. The number of carbonyl (C=O) groups excluding carboxylic acids is 1. The van der Waals surface area contributed by atoms with E-state index < -0.39 is 5.60 Å². The summed E-state index contributed by atoms with van der Waals surface area (Å²) in [7, 11) is 0. The maximum Gasteiger partial charge on any atom is 0.254 e. The molecule has 0 fully saturated rings. The van der Waals surface area contributed by atoms with Crippen LogP contribution in [0, 0.1) is 0 Å². The number of carbonyl (C=O) groups is 1. The molecule has 6 heteroatoms. The van der Waals surface area contributed by atoms with Crippen molar-refractivity contribution in [3.8, 4) is 17.1 Å². The molecular weight excluding hydrogens is 404 g/mol. The number of Topliss-reactive ketones (excluding diaryl/α,β-unsaturated/α-hetero) is 1. The van der Waals surface area contributed by atoms with E-state index in [1.807, 2.05) is 32.9 Å². The van der Waals surface area contributed by atoms with Crippen molar-refractivity contribution in [2.75, 3.05) is 0 Å². The number of fused-ring (bicyclic) bond motifs is 5. The molecule has 0 amide bonds. The summed E-state index contributed by atoms with van der Waals surface area (Å²) in [6, 6.07) is 7.16. The average molecular weight is 433 g/mol. The van der Waals surface area contributed by atoms with Gasteiger partial charge in [0.15, 0.2) is 11.4 Å². The Labute approximate surface area is 186 Å². The number of aromatic hydroxyl groups is 1. The summed E-state index contributed by atoms with van der Waals surface area (Å²) >= 11 is 0. The van der Waals surface area contributed by atoms with Crippen LogP contribution in [0.1, 0.15) is 62.8 Å². The van der Waals surface area contributed by atoms with Gasteiger partial charge in [-0.2, -0.15) is 0 Å². The first-order valence-corrected chi connectivity index (χ1v) is 11.4. The molecule has 3 heterocycles. The summed E-state index contributed by atoms with van der Waals surface area (Å²) in [5.41, 5.74) is 4.68. The van der Waals surface area contributed by atoms with Crippen molar-refractivity contribution in [3.63, 3.8) is 0 Å². The molecule has 1 aromatic carbocycles. The largest absolute Gasteiger partial charge is 0.508 e. The molecule has 2 aromatic heterocycles. The fraction of sp³-hybridized carbons (Fsp3) is 0.423. The lowest BCUT2D eigenvalue weighted by molar-refractivity contribution is -0.155. The van der Waals surface area contributed by atoms with Gasteiger partial charge in [0, 0.05) is 28.5 Å². The van der Waals surface area contributed by atoms with Gasteiger partial charge >= 0.3 is 0 Å². The van der Waals surface area contributed by atoms with E-state index in [0.717, 1.165) is 39.8 Å². The van der Waals surface area contributed by atoms with Crippen molar-refractivity contribution < 1.29 is 14.6 Å². The van der Waals surface area contributed by atoms with Crippen LogP contribution in [0.5, 0.6) is 5.75 Å². The Morgan fingerprint density at radius 1 is 1.16 bits per heavy atom. The molecule has 0 saturated heterocycles. The minimum atomic E-state index is -1.09. The predicted octanol–water partition coefficient (Wildman–Crippen LogP) is 4.24. The first kappa shape index (κ1) is 20.9. The second-order valence-corrected chi connectivity index (χ2v) is 9.06. The van der Waals surface area contributed by atoms with Gasteiger partial charge in [-0.15, -0.1) is 0 Å². The number of hydrogen-bond donors (Lipinski definition) is 1. The lowest BCUT2D eigenvalue weighted by Gasteiger charge is -2.38. The molecule has 0 radical (unpaired) electrons. The van der Waals surface area contributed by atoms with Gasteiger partial charge in [-0.1, -0.05) is 13.8 Å². The van der Waals surface area contributed by atoms with Crippen molar-refractivity contribution in [1.82, 2.24) is 9.55 Å². The molecule has 5 rings (SSSR count). The van der Waals surface area contributed by atoms with Crippen molar-refractivity contribution >= 4 is 16.7 Å². The van der Waals surface area contributed by atoms with Crippen LogP contribution in [0.2, 0.25) is 0 Å². The topological polar surface area (TPSA) is 81.4 Å². The molecule has 0 unspecified atom stereocenters. The fourth-order valence-electron chi connectivity index (χ4n) is 5.54. The van der Waals surface area contributed by atoms with Gasteiger partial charge in [-0.25, -0.2) is 4.98 Å². The first-order valence-electron chi connectivity index (χ1n) is 11.4. The summed E-state index contributed by atoms with van der Waals surface area (Å²) in [5, 5.41) is 10.9. The van der Waals surface area contributed by atoms with Gasteiger partial charge in [0.05, 0.1) is 29.6 Å². The zero-order valence-electron chi connectivity index (χ0n) is 19.0. The van der Waals surface area contributed by atoms with Crippen LogP contribution in [0.25, 0.3) is 22.3 Å². The smallest absolute Gasteiger partial charge is 0.254 e. The van der Waals surface area contributed by atoms with Gasteiger partial charge in [0.25, 0.3) is 5.56 Å². The number of aromatic nitrogens is 2. The highest BCUT2D eigenvalue weighted by Gasteiger charge is 2.46. The van der Waals surface area contributed by atoms with Gasteiger partial charge < -0.3 is 14.4 Å². The number of nitrogens with zero attached hydrogens (tertiary/aromatic N) is 2. The van der Waals surface area contributed by atoms with Crippen LogP contribution in [-0.2, 0) is 34.5 Å². The fourth-order valence-corrected chi connectivity index (χ4v) is 5.54. The van der Waals surface area contributed by atoms with E-state index in [1.165, 1.54) is 0 Å². The molecule has 0 bridgehead atoms. The van der Waals surface area contributed by atoms with Crippen molar-refractivity contribution in [2.24, 2.45) is 0 Å². The number of pyridine rings is 2. The minimum absolute atomic E-state index is 0.0416. The number of phenols is 1. The molecule has 0 spiro atoms. The Hall–Kier alpha value is -2.99. The SMILES string of the molecule is CCc1c2c(nc3ccc(O)cc13)-c1cc3c(c(=O)n1C2)CCC(=O)[C@@]3(CC)OC(C)C. The number of rotatable bonds is 4. The van der Waals surface area contributed by atoms with Crippen LogP contribution in [-0.4, -0.2) is 26.5 Å². The van der Waals surface area contributed by atoms with E-state index in [-0.39, 0.29) is 23.2 Å². The molecule has 3 aromatic rings. The predicted molar refractivity (Wildman–Crippen MR) is 123 cm³/mol. The van der Waals surface area contributed by atoms with Crippen molar-refractivity contribution in [1.29, 1.82) is 0 Å². The molecule has 1 atom stereocenters. The second kappa shape index (κ2) is 7.27. The zero-order chi connectivity index (χ0) is 22.8. The molecule has 166 valence electrons. The van der Waals surface area contributed by atoms with Crippen LogP contribution in [0.4, 0.5) is 0 Å². The number of ether oxygens (including phenoxy) is 1. The lowest BCUT2D eigenvalue weighted by Crippen LogP contribution is -2.46. The highest BCUT2D eigenvalue weighted by Crippen LogP contribution is 2.43. The molecule has 32 heavy (non-hydrogen) atoms. The molecular formula is C26H28N2O4. The Morgan fingerprint density at radius 2 is 1.94 bits per heavy atom. The lowest BCUT2D eigenvalue weighted by atomic mass is 9.76. The highest BCUT2D eigenvalue weighted by molar-refractivity contribution is 5.92. The Kier molecular flexibility index (Phi) is 4.75. The minimum Gasteiger partial charge on any atom is -0.508 e. The third kappa shape index (κ3) is 2.78. The molecule has 1 N–H and O–H groups in total. The zero-order valence-corrected chi connectivity index (χ0v) is 19.0. The number of aryl methyl sites for hydroxylation is 1. The Balaban J connectivity index is 1.81. The van der Waals surface area contributed by atoms with E-state index >= 15 is 0 Å². The standard InChI is InChI=1S/C26H28N2O4/c1-5-16-18-11-15(29)7-9-21(18)27-24-19(16)13-28-22(24)12-20-17(25(28)31)8-10-23(30)26(20,6-2)32-14(3)4/h7,9,11-12,14,29H,5-6,8,10,13H2,1-4H3/t26-/m0/s1. The Bertz CT molecular complexity index is 1340. The summed E-state index contributed by atoms with van der Waals surface area (Å²) in [6.07, 6.45) is 1.86. The third-order valence-electron chi connectivity index (χ3n) is 6.92. The summed E-state index contributed by atoms with van der Waals surface area (Å²) in [6.45, 7) is 8.32. The normalized spacial score (nSPS) is 19.3. The van der Waals surface area contributed by atoms with Crippen molar-refractivity contribution in [3.05, 3.63) is 56.9 Å². The number of benzene rings is 1. The molecule has 1 aliphatic heterocycles. The van der Waals surface area contributed by atoms with E-state index in [4.69, 9.17) is 9.72 Å². The van der Waals surface area contributed by atoms with E-state index in [2.05, 4.69) is 6.92 Å². The monoisotopic (exact) mass is 432 g/mol. The maximum absolute atomic E-state index is 13.6. The van der Waals surface area contributed by atoms with Gasteiger partial charge in [-0.3, -0.25) is 9.59 Å². The molecule has 1 aliphatic carbocycles. The van der Waals surface area contributed by atoms with Gasteiger partial charge in [0.2, 0.25) is 0 Å². The van der Waals surface area contributed by atoms with Gasteiger partial charge in [-0.05, 0) is 62.9 Å². The average Bonchev–Trinajstić information content (AvgIpc) is 3.12. The van der Waals surface area contributed by atoms with Crippen LogP contribution < -0.4 is 5.56 Å². The molecule has 6 nitrogen and oxygen atoms in total. The van der Waals surface area contributed by atoms with E-state index in [9.17, 15) is 14.7 Å². The third-order valence-corrected chi connectivity index (χ3v) is 6.92. The quantitative estimate of drug-likeness (QED) is 0.522.